The second-order valence-electron chi connectivity index (χ2n) is 9.72. The number of nitrogens with one attached hydrogen (secondary N) is 3. The van der Waals surface area contributed by atoms with Crippen LogP contribution < -0.4 is 15.4 Å². The van der Waals surface area contributed by atoms with Crippen molar-refractivity contribution in [2.24, 2.45) is 5.92 Å². The molecule has 0 aromatic carbocycles. The zero-order chi connectivity index (χ0) is 23.1. The Morgan fingerprint density at radius 1 is 1.25 bits per heavy atom. The van der Waals surface area contributed by atoms with E-state index >= 15 is 0 Å². The minimum atomic E-state index is -3.85. The quantitative estimate of drug-likeness (QED) is 0.434. The Morgan fingerprint density at radius 2 is 2.00 bits per heavy atom. The number of carbonyl (C=O) groups excluding carboxylic acids is 3. The van der Waals surface area contributed by atoms with Gasteiger partial charge in [-0.15, -0.1) is 0 Å². The second-order valence-corrected chi connectivity index (χ2v) is 11.9. The molecular weight excluding hydrogens is 436 g/mol. The van der Waals surface area contributed by atoms with E-state index in [0.717, 1.165) is 25.7 Å². The number of sulfonamides is 1. The molecule has 4 aliphatic rings. The summed E-state index contributed by atoms with van der Waals surface area (Å²) in [4.78, 5) is 40.2. The van der Waals surface area contributed by atoms with Gasteiger partial charge in [0.1, 0.15) is 11.6 Å². The number of allylic oxidation sites excluding steroid dienone is 1. The van der Waals surface area contributed by atoms with Crippen LogP contribution in [0.3, 0.4) is 0 Å². The van der Waals surface area contributed by atoms with Gasteiger partial charge in [0.15, 0.2) is 0 Å². The Labute approximate surface area is 188 Å². The van der Waals surface area contributed by atoms with Gasteiger partial charge in [-0.25, -0.2) is 13.2 Å². The topological polar surface area (TPSA) is 145 Å². The van der Waals surface area contributed by atoms with Crippen LogP contribution in [0.2, 0.25) is 0 Å². The molecule has 32 heavy (non-hydrogen) atoms. The molecular formula is C21H32N4O6S. The first-order chi connectivity index (χ1) is 15.1. The number of rotatable bonds is 3. The normalized spacial score (nSPS) is 35.8. The maximum Gasteiger partial charge on any atom is 0.318 e. The largest absolute Gasteiger partial charge is 0.391 e. The first-order valence-electron chi connectivity index (χ1n) is 11.4. The van der Waals surface area contributed by atoms with Gasteiger partial charge in [0, 0.05) is 25.4 Å². The number of urea groups is 1. The van der Waals surface area contributed by atoms with Crippen molar-refractivity contribution < 1.29 is 27.9 Å². The zero-order valence-corrected chi connectivity index (χ0v) is 19.1. The highest BCUT2D eigenvalue weighted by Gasteiger charge is 2.63. The van der Waals surface area contributed by atoms with Crippen LogP contribution >= 0.6 is 0 Å². The highest BCUT2D eigenvalue weighted by molar-refractivity contribution is 7.91. The third-order valence-electron chi connectivity index (χ3n) is 7.13. The summed E-state index contributed by atoms with van der Waals surface area (Å²) in [5.41, 5.74) is -1.37. The van der Waals surface area contributed by atoms with Gasteiger partial charge in [0.25, 0.3) is 5.91 Å². The summed E-state index contributed by atoms with van der Waals surface area (Å²) in [6, 6.07) is -1.35. The van der Waals surface area contributed by atoms with Crippen molar-refractivity contribution in [3.05, 3.63) is 12.2 Å². The molecule has 4 N–H and O–H groups in total. The molecule has 1 saturated heterocycles. The highest BCUT2D eigenvalue weighted by atomic mass is 32.2. The average Bonchev–Trinajstić information content (AvgIpc) is 3.60. The minimum absolute atomic E-state index is 0.0270. The molecule has 2 aliphatic heterocycles. The summed E-state index contributed by atoms with van der Waals surface area (Å²) in [6.45, 7) is 2.10. The van der Waals surface area contributed by atoms with Gasteiger partial charge in [0.2, 0.25) is 15.9 Å². The van der Waals surface area contributed by atoms with E-state index in [0.29, 0.717) is 19.4 Å². The molecule has 0 bridgehead atoms. The molecule has 11 heteroatoms. The lowest BCUT2D eigenvalue weighted by Gasteiger charge is -2.27. The molecule has 2 saturated carbocycles. The van der Waals surface area contributed by atoms with E-state index < -0.39 is 50.3 Å². The number of amides is 4. The summed E-state index contributed by atoms with van der Waals surface area (Å²) in [5.74, 6) is -1.63. The number of aliphatic hydroxyl groups excluding tert-OH is 1. The predicted octanol–water partition coefficient (Wildman–Crippen LogP) is 0.135. The maximum atomic E-state index is 13.1. The van der Waals surface area contributed by atoms with Crippen molar-refractivity contribution in [1.82, 2.24) is 20.3 Å². The predicted molar refractivity (Wildman–Crippen MR) is 116 cm³/mol. The van der Waals surface area contributed by atoms with Gasteiger partial charge in [-0.2, -0.15) is 0 Å². The molecule has 4 atom stereocenters. The van der Waals surface area contributed by atoms with Crippen LogP contribution in [-0.2, 0) is 19.6 Å². The van der Waals surface area contributed by atoms with Gasteiger partial charge in [-0.05, 0) is 45.4 Å². The van der Waals surface area contributed by atoms with Crippen LogP contribution in [0.15, 0.2) is 12.2 Å². The molecule has 2 heterocycles. The van der Waals surface area contributed by atoms with Crippen molar-refractivity contribution in [3.8, 4) is 0 Å². The van der Waals surface area contributed by atoms with Crippen molar-refractivity contribution in [2.45, 2.75) is 80.7 Å². The monoisotopic (exact) mass is 468 g/mol. The molecule has 0 radical (unpaired) electrons. The zero-order valence-electron chi connectivity index (χ0n) is 18.3. The lowest BCUT2D eigenvalue weighted by molar-refractivity contribution is -0.131. The van der Waals surface area contributed by atoms with Gasteiger partial charge in [0.05, 0.1) is 10.9 Å². The smallest absolute Gasteiger partial charge is 0.318 e. The number of hydrogen-bond donors (Lipinski definition) is 4. The molecule has 178 valence electrons. The van der Waals surface area contributed by atoms with Crippen molar-refractivity contribution >= 4 is 27.9 Å². The van der Waals surface area contributed by atoms with Crippen molar-refractivity contribution in [1.29, 1.82) is 0 Å². The number of aliphatic hydroxyl groups is 1. The van der Waals surface area contributed by atoms with E-state index in [-0.39, 0.29) is 25.3 Å². The van der Waals surface area contributed by atoms with Crippen molar-refractivity contribution in [3.63, 3.8) is 0 Å². The Morgan fingerprint density at radius 3 is 2.72 bits per heavy atom. The number of fused-ring (bicyclic) bond motifs is 2. The average molecular weight is 469 g/mol. The lowest BCUT2D eigenvalue weighted by atomic mass is 10.1. The Balaban J connectivity index is 1.57. The van der Waals surface area contributed by atoms with Crippen LogP contribution in [0.1, 0.15) is 58.3 Å². The Hall–Kier alpha value is -2.14. The summed E-state index contributed by atoms with van der Waals surface area (Å²) >= 11 is 0. The van der Waals surface area contributed by atoms with Gasteiger partial charge >= 0.3 is 6.03 Å². The molecule has 0 aromatic heterocycles. The lowest BCUT2D eigenvalue weighted by Crippen LogP contribution is -2.57. The van der Waals surface area contributed by atoms with E-state index in [9.17, 15) is 27.9 Å². The molecule has 4 rings (SSSR count). The van der Waals surface area contributed by atoms with Crippen LogP contribution in [0.5, 0.6) is 0 Å². The fourth-order valence-electron chi connectivity index (χ4n) is 4.47. The standard InChI is InChI=1S/C21H32N4O6S/c1-20(8-9-20)32(30,31)24-18(28)21-12-14(21)7-5-3-2-4-6-10-22-19(29)25-13-15(26)11-16(25)17(27)23-21/h5,7,14-16,26H,2-4,6,8-13H2,1H3,(H,22,29)(H,23,27)(H,24,28)/b7-5-/t14-,15-,16+,21-/m1/s1. The summed E-state index contributed by atoms with van der Waals surface area (Å²) in [7, 11) is -3.85. The Kier molecular flexibility index (Phi) is 6.00. The maximum absolute atomic E-state index is 13.1. The van der Waals surface area contributed by atoms with Crippen LogP contribution in [0, 0.1) is 5.92 Å². The van der Waals surface area contributed by atoms with Crippen LogP contribution in [0.4, 0.5) is 4.79 Å². The van der Waals surface area contributed by atoms with E-state index in [1.54, 1.807) is 6.92 Å². The third-order valence-corrected chi connectivity index (χ3v) is 9.29. The second kappa shape index (κ2) is 8.33. The number of hydrogen-bond acceptors (Lipinski definition) is 6. The first kappa shape index (κ1) is 23.0. The van der Waals surface area contributed by atoms with Crippen molar-refractivity contribution in [2.75, 3.05) is 13.1 Å². The molecule has 4 amide bonds. The fraction of sp³-hybridized carbons (Fsp3) is 0.762. The molecule has 2 aliphatic carbocycles. The van der Waals surface area contributed by atoms with Gasteiger partial charge in [-0.3, -0.25) is 14.3 Å². The van der Waals surface area contributed by atoms with Crippen LogP contribution in [-0.4, -0.2) is 71.8 Å². The summed E-state index contributed by atoms with van der Waals surface area (Å²) in [5, 5.41) is 15.6. The summed E-state index contributed by atoms with van der Waals surface area (Å²) < 4.78 is 26.5. The van der Waals surface area contributed by atoms with E-state index in [4.69, 9.17) is 0 Å². The number of carbonyl (C=O) groups is 3. The molecule has 0 unspecified atom stereocenters. The fourth-order valence-corrected chi connectivity index (χ4v) is 5.79. The molecule has 0 spiro atoms. The van der Waals surface area contributed by atoms with E-state index in [2.05, 4.69) is 15.4 Å². The first-order valence-corrected chi connectivity index (χ1v) is 12.8. The summed E-state index contributed by atoms with van der Waals surface area (Å²) in [6.07, 6.45) is 7.76. The highest BCUT2D eigenvalue weighted by Crippen LogP contribution is 2.47. The van der Waals surface area contributed by atoms with Gasteiger partial charge < -0.3 is 20.6 Å². The molecule has 10 nitrogen and oxygen atoms in total. The SMILES string of the molecule is CC1(S(=O)(=O)NC(=O)[C@@]23C[C@H]2/C=C\CCCCCNC(=O)N2C[C@H](O)C[C@H]2C(=O)N3)CC1. The third kappa shape index (κ3) is 4.36. The van der Waals surface area contributed by atoms with Gasteiger partial charge in [-0.1, -0.05) is 18.6 Å². The Bertz CT molecular complexity index is 931. The minimum Gasteiger partial charge on any atom is -0.391 e. The van der Waals surface area contributed by atoms with Crippen LogP contribution in [0.25, 0.3) is 0 Å². The van der Waals surface area contributed by atoms with E-state index in [1.807, 2.05) is 12.2 Å². The molecule has 0 aromatic rings. The molecule has 3 fully saturated rings. The van der Waals surface area contributed by atoms with E-state index in [1.165, 1.54) is 4.90 Å². The number of nitrogens with zero attached hydrogens (tertiary/aromatic N) is 1.